The smallest absolute Gasteiger partial charge is 0.255 e. The first-order valence-electron chi connectivity index (χ1n) is 8.58. The fraction of sp³-hybridized carbons (Fsp3) is 0.316. The van der Waals surface area contributed by atoms with Gasteiger partial charge in [-0.3, -0.25) is 4.79 Å². The highest BCUT2D eigenvalue weighted by molar-refractivity contribution is 7.97. The average Bonchev–Trinajstić information content (AvgIpc) is 2.69. The number of hydrogen-bond acceptors (Lipinski definition) is 5. The summed E-state index contributed by atoms with van der Waals surface area (Å²) in [6.45, 7) is 1.45. The highest BCUT2D eigenvalue weighted by atomic mass is 32.2. The second-order valence-electron chi connectivity index (χ2n) is 6.13. The maximum atomic E-state index is 12.8. The van der Waals surface area contributed by atoms with E-state index >= 15 is 0 Å². The van der Waals surface area contributed by atoms with Crippen LogP contribution in [-0.2, 0) is 20.5 Å². The largest absolute Gasteiger partial charge is 0.379 e. The van der Waals surface area contributed by atoms with Gasteiger partial charge in [0.05, 0.1) is 18.1 Å². The molecule has 3 rings (SSSR count). The summed E-state index contributed by atoms with van der Waals surface area (Å²) in [6, 6.07) is 13.8. The number of amides is 1. The van der Waals surface area contributed by atoms with Crippen LogP contribution < -0.4 is 5.32 Å². The summed E-state index contributed by atoms with van der Waals surface area (Å²) < 4.78 is 32.2. The standard InChI is InChI=1S/C19H22N2O4S2/c1-26-14-15-4-2-5-16(12-15)19(22)20-17-6-3-7-18(13-17)27(23,24)21-8-10-25-11-9-21/h2-7,12-13H,8-11,14H2,1H3,(H,20,22). The molecule has 0 aromatic heterocycles. The molecule has 0 radical (unpaired) electrons. The normalized spacial score (nSPS) is 15.4. The van der Waals surface area contributed by atoms with Gasteiger partial charge in [0.2, 0.25) is 10.0 Å². The zero-order valence-electron chi connectivity index (χ0n) is 15.1. The van der Waals surface area contributed by atoms with Crippen molar-refractivity contribution in [2.75, 3.05) is 37.9 Å². The number of benzene rings is 2. The molecule has 0 spiro atoms. The second kappa shape index (κ2) is 8.88. The lowest BCUT2D eigenvalue weighted by Crippen LogP contribution is -2.40. The third-order valence-corrected chi connectivity index (χ3v) is 6.72. The monoisotopic (exact) mass is 406 g/mol. The predicted octanol–water partition coefficient (Wildman–Crippen LogP) is 2.82. The topological polar surface area (TPSA) is 75.7 Å². The Hall–Kier alpha value is -1.87. The van der Waals surface area contributed by atoms with Crippen molar-refractivity contribution in [3.05, 3.63) is 59.7 Å². The highest BCUT2D eigenvalue weighted by Crippen LogP contribution is 2.21. The van der Waals surface area contributed by atoms with Crippen molar-refractivity contribution in [2.45, 2.75) is 10.6 Å². The highest BCUT2D eigenvalue weighted by Gasteiger charge is 2.26. The molecule has 0 atom stereocenters. The van der Waals surface area contributed by atoms with Crippen molar-refractivity contribution in [1.82, 2.24) is 4.31 Å². The molecule has 0 bridgehead atoms. The van der Waals surface area contributed by atoms with Crippen LogP contribution in [0.4, 0.5) is 5.69 Å². The number of carbonyl (C=O) groups excluding carboxylic acids is 1. The Bertz CT molecular complexity index is 909. The van der Waals surface area contributed by atoms with E-state index in [9.17, 15) is 13.2 Å². The molecule has 1 aliphatic heterocycles. The van der Waals surface area contributed by atoms with Crippen molar-refractivity contribution in [3.8, 4) is 0 Å². The van der Waals surface area contributed by atoms with E-state index in [1.165, 1.54) is 10.4 Å². The predicted molar refractivity (Wildman–Crippen MR) is 108 cm³/mol. The molecule has 2 aromatic carbocycles. The SMILES string of the molecule is CSCc1cccc(C(=O)Nc2cccc(S(=O)(=O)N3CCOCC3)c2)c1. The number of hydrogen-bond donors (Lipinski definition) is 1. The van der Waals surface area contributed by atoms with Crippen molar-refractivity contribution in [2.24, 2.45) is 0 Å². The number of nitrogens with zero attached hydrogens (tertiary/aromatic N) is 1. The van der Waals surface area contributed by atoms with Crippen LogP contribution in [0.3, 0.4) is 0 Å². The number of nitrogens with one attached hydrogen (secondary N) is 1. The summed E-state index contributed by atoms with van der Waals surface area (Å²) in [5, 5.41) is 2.79. The van der Waals surface area contributed by atoms with Crippen LogP contribution >= 0.6 is 11.8 Å². The lowest BCUT2D eigenvalue weighted by atomic mass is 10.1. The zero-order chi connectivity index (χ0) is 19.3. The Morgan fingerprint density at radius 1 is 1.15 bits per heavy atom. The third kappa shape index (κ3) is 4.90. The summed E-state index contributed by atoms with van der Waals surface area (Å²) in [5.74, 6) is 0.563. The second-order valence-corrected chi connectivity index (χ2v) is 8.94. The summed E-state index contributed by atoms with van der Waals surface area (Å²) in [6.07, 6.45) is 2.01. The average molecular weight is 407 g/mol. The van der Waals surface area contributed by atoms with Gasteiger partial charge in [0.1, 0.15) is 0 Å². The lowest BCUT2D eigenvalue weighted by molar-refractivity contribution is 0.0730. The third-order valence-electron chi connectivity index (χ3n) is 4.20. The molecule has 144 valence electrons. The van der Waals surface area contributed by atoms with E-state index in [2.05, 4.69) is 5.32 Å². The van der Waals surface area contributed by atoms with Crippen LogP contribution in [-0.4, -0.2) is 51.2 Å². The van der Waals surface area contributed by atoms with Gasteiger partial charge in [-0.05, 0) is 42.2 Å². The minimum Gasteiger partial charge on any atom is -0.379 e. The number of sulfonamides is 1. The van der Waals surface area contributed by atoms with Crippen LogP contribution in [0, 0.1) is 0 Å². The van der Waals surface area contributed by atoms with E-state index in [0.717, 1.165) is 11.3 Å². The number of rotatable bonds is 6. The van der Waals surface area contributed by atoms with E-state index in [1.807, 2.05) is 24.5 Å². The van der Waals surface area contributed by atoms with Gasteiger partial charge in [-0.25, -0.2) is 8.42 Å². The minimum absolute atomic E-state index is 0.165. The first-order valence-corrected chi connectivity index (χ1v) is 11.4. The molecule has 27 heavy (non-hydrogen) atoms. The number of carbonyl (C=O) groups is 1. The maximum absolute atomic E-state index is 12.8. The molecule has 8 heteroatoms. The van der Waals surface area contributed by atoms with Crippen LogP contribution in [0.5, 0.6) is 0 Å². The molecular formula is C19H22N2O4S2. The molecule has 0 saturated carbocycles. The summed E-state index contributed by atoms with van der Waals surface area (Å²) in [7, 11) is -3.60. The van der Waals surface area contributed by atoms with Crippen LogP contribution in [0.1, 0.15) is 15.9 Å². The molecule has 0 aliphatic carbocycles. The van der Waals surface area contributed by atoms with Crippen LogP contribution in [0.25, 0.3) is 0 Å². The molecule has 1 saturated heterocycles. The van der Waals surface area contributed by atoms with Crippen LogP contribution in [0.15, 0.2) is 53.4 Å². The van der Waals surface area contributed by atoms with E-state index < -0.39 is 10.0 Å². The van der Waals surface area contributed by atoms with E-state index in [-0.39, 0.29) is 10.8 Å². The van der Waals surface area contributed by atoms with Gasteiger partial charge in [0, 0.05) is 30.1 Å². The first kappa shape index (κ1) is 19.9. The van der Waals surface area contributed by atoms with Gasteiger partial charge in [-0.1, -0.05) is 18.2 Å². The van der Waals surface area contributed by atoms with Crippen molar-refractivity contribution >= 4 is 33.4 Å². The summed E-state index contributed by atoms with van der Waals surface area (Å²) in [5.41, 5.74) is 2.06. The summed E-state index contributed by atoms with van der Waals surface area (Å²) in [4.78, 5) is 12.7. The van der Waals surface area contributed by atoms with E-state index in [4.69, 9.17) is 4.74 Å². The molecule has 2 aromatic rings. The lowest BCUT2D eigenvalue weighted by Gasteiger charge is -2.26. The molecule has 1 N–H and O–H groups in total. The van der Waals surface area contributed by atoms with Crippen molar-refractivity contribution in [3.63, 3.8) is 0 Å². The Labute approximate surface area is 164 Å². The minimum atomic E-state index is -3.60. The van der Waals surface area contributed by atoms with Gasteiger partial charge >= 0.3 is 0 Å². The van der Waals surface area contributed by atoms with Gasteiger partial charge in [-0.2, -0.15) is 16.1 Å². The van der Waals surface area contributed by atoms with Gasteiger partial charge in [0.25, 0.3) is 5.91 Å². The van der Waals surface area contributed by atoms with Gasteiger partial charge in [0.15, 0.2) is 0 Å². The molecule has 1 fully saturated rings. The van der Waals surface area contributed by atoms with Crippen LogP contribution in [0.2, 0.25) is 0 Å². The van der Waals surface area contributed by atoms with Crippen molar-refractivity contribution in [1.29, 1.82) is 0 Å². The fourth-order valence-electron chi connectivity index (χ4n) is 2.84. The zero-order valence-corrected chi connectivity index (χ0v) is 16.7. The Balaban J connectivity index is 1.77. The van der Waals surface area contributed by atoms with E-state index in [1.54, 1.807) is 36.0 Å². The number of ether oxygens (including phenoxy) is 1. The first-order chi connectivity index (χ1) is 13.0. The molecule has 0 unspecified atom stereocenters. The molecule has 1 amide bonds. The quantitative estimate of drug-likeness (QED) is 0.798. The van der Waals surface area contributed by atoms with E-state index in [0.29, 0.717) is 37.6 Å². The Morgan fingerprint density at radius 2 is 1.89 bits per heavy atom. The Kier molecular flexibility index (Phi) is 6.54. The van der Waals surface area contributed by atoms with Crippen molar-refractivity contribution < 1.29 is 17.9 Å². The number of morpholine rings is 1. The molecule has 1 aliphatic rings. The molecule has 6 nitrogen and oxygen atoms in total. The Morgan fingerprint density at radius 3 is 2.63 bits per heavy atom. The fourth-order valence-corrected chi connectivity index (χ4v) is 4.81. The number of anilines is 1. The van der Waals surface area contributed by atoms with Gasteiger partial charge < -0.3 is 10.1 Å². The molecule has 1 heterocycles. The van der Waals surface area contributed by atoms with Gasteiger partial charge in [-0.15, -0.1) is 0 Å². The maximum Gasteiger partial charge on any atom is 0.255 e. The summed E-state index contributed by atoms with van der Waals surface area (Å²) >= 11 is 1.69. The molecular weight excluding hydrogens is 384 g/mol. The number of thioether (sulfide) groups is 1.